The average molecular weight is 349 g/mol. The molecule has 0 radical (unpaired) electrons. The molecule has 2 heterocycles. The van der Waals surface area contributed by atoms with Crippen molar-refractivity contribution in [3.63, 3.8) is 0 Å². The molecule has 0 aliphatic rings. The Morgan fingerprint density at radius 2 is 2.25 bits per heavy atom. The van der Waals surface area contributed by atoms with Crippen LogP contribution in [0.2, 0.25) is 0 Å². The summed E-state index contributed by atoms with van der Waals surface area (Å²) in [6, 6.07) is 4.65. The Morgan fingerprint density at radius 3 is 2.79 bits per heavy atom. The summed E-state index contributed by atoms with van der Waals surface area (Å²) in [6.07, 6.45) is 3.96. The van der Waals surface area contributed by atoms with E-state index in [-0.39, 0.29) is 12.1 Å². The number of aryl methyl sites for hydroxylation is 1. The fourth-order valence-electron chi connectivity index (χ4n) is 2.49. The van der Waals surface area contributed by atoms with Gasteiger partial charge in [0.1, 0.15) is 0 Å². The molecule has 2 rings (SSSR count). The van der Waals surface area contributed by atoms with E-state index in [1.807, 2.05) is 17.9 Å². The van der Waals surface area contributed by atoms with Gasteiger partial charge in [0, 0.05) is 30.2 Å². The number of aliphatic imine (C=N–C) groups is 1. The van der Waals surface area contributed by atoms with Crippen molar-refractivity contribution in [3.8, 4) is 0 Å². The second kappa shape index (κ2) is 8.84. The Labute approximate surface area is 148 Å². The zero-order chi connectivity index (χ0) is 17.5. The van der Waals surface area contributed by atoms with Crippen LogP contribution in [0.1, 0.15) is 36.4 Å². The average Bonchev–Trinajstić information content (AvgIpc) is 3.19. The van der Waals surface area contributed by atoms with Gasteiger partial charge in [-0.3, -0.25) is 9.67 Å². The predicted octanol–water partition coefficient (Wildman–Crippen LogP) is 2.40. The standard InChI is InChI=1S/C17H28N6S/c1-6-18-17(21-13(2)16-8-7-9-24-16)19-11-15(22(3)4)14-10-20-23(5)12-14/h7-10,12-13,15H,6,11H2,1-5H3,(H2,18,19,21). The van der Waals surface area contributed by atoms with Crippen molar-refractivity contribution in [2.75, 3.05) is 27.2 Å². The van der Waals surface area contributed by atoms with E-state index in [1.54, 1.807) is 11.3 Å². The lowest BCUT2D eigenvalue weighted by Crippen LogP contribution is -2.39. The van der Waals surface area contributed by atoms with Gasteiger partial charge in [-0.1, -0.05) is 6.07 Å². The van der Waals surface area contributed by atoms with Crippen LogP contribution >= 0.6 is 11.3 Å². The van der Waals surface area contributed by atoms with Crippen LogP contribution < -0.4 is 10.6 Å². The molecule has 2 unspecified atom stereocenters. The van der Waals surface area contributed by atoms with Crippen LogP contribution in [0.4, 0.5) is 0 Å². The summed E-state index contributed by atoms with van der Waals surface area (Å²) in [7, 11) is 6.08. The van der Waals surface area contributed by atoms with Gasteiger partial charge in [-0.25, -0.2) is 0 Å². The maximum Gasteiger partial charge on any atom is 0.191 e. The van der Waals surface area contributed by atoms with E-state index in [0.29, 0.717) is 6.54 Å². The van der Waals surface area contributed by atoms with Gasteiger partial charge < -0.3 is 15.5 Å². The molecule has 24 heavy (non-hydrogen) atoms. The third kappa shape index (κ3) is 5.07. The first kappa shape index (κ1) is 18.5. The first-order valence-electron chi connectivity index (χ1n) is 8.24. The van der Waals surface area contributed by atoms with Crippen LogP contribution in [0.5, 0.6) is 0 Å². The van der Waals surface area contributed by atoms with Crippen LogP contribution in [-0.4, -0.2) is 47.8 Å². The number of rotatable bonds is 7. The Morgan fingerprint density at radius 1 is 1.46 bits per heavy atom. The molecule has 2 aromatic rings. The largest absolute Gasteiger partial charge is 0.357 e. The van der Waals surface area contributed by atoms with E-state index in [0.717, 1.165) is 12.5 Å². The fourth-order valence-corrected chi connectivity index (χ4v) is 3.23. The van der Waals surface area contributed by atoms with Crippen LogP contribution in [0.15, 0.2) is 34.9 Å². The highest BCUT2D eigenvalue weighted by atomic mass is 32.1. The van der Waals surface area contributed by atoms with E-state index >= 15 is 0 Å². The lowest BCUT2D eigenvalue weighted by molar-refractivity contribution is 0.306. The quantitative estimate of drug-likeness (QED) is 0.596. The van der Waals surface area contributed by atoms with Crippen LogP contribution in [-0.2, 0) is 7.05 Å². The molecule has 0 aliphatic carbocycles. The Balaban J connectivity index is 2.07. The molecule has 0 spiro atoms. The van der Waals surface area contributed by atoms with Crippen molar-refractivity contribution in [1.29, 1.82) is 0 Å². The Hall–Kier alpha value is -1.86. The molecule has 0 aromatic carbocycles. The molecule has 2 aromatic heterocycles. The zero-order valence-electron chi connectivity index (χ0n) is 15.2. The zero-order valence-corrected chi connectivity index (χ0v) is 16.0. The van der Waals surface area contributed by atoms with E-state index in [9.17, 15) is 0 Å². The summed E-state index contributed by atoms with van der Waals surface area (Å²) in [5.74, 6) is 0.842. The highest BCUT2D eigenvalue weighted by Crippen LogP contribution is 2.19. The van der Waals surface area contributed by atoms with Crippen molar-refractivity contribution in [3.05, 3.63) is 40.3 Å². The minimum Gasteiger partial charge on any atom is -0.357 e. The van der Waals surface area contributed by atoms with Gasteiger partial charge >= 0.3 is 0 Å². The molecule has 0 bridgehead atoms. The summed E-state index contributed by atoms with van der Waals surface area (Å²) >= 11 is 1.76. The summed E-state index contributed by atoms with van der Waals surface area (Å²) < 4.78 is 1.83. The highest BCUT2D eigenvalue weighted by molar-refractivity contribution is 7.10. The van der Waals surface area contributed by atoms with Crippen LogP contribution in [0.25, 0.3) is 0 Å². The molecule has 0 saturated heterocycles. The SMILES string of the molecule is CCNC(=NCC(c1cnn(C)c1)N(C)C)NC(C)c1cccs1. The molecule has 2 atom stereocenters. The van der Waals surface area contributed by atoms with Gasteiger partial charge in [-0.05, 0) is 39.4 Å². The third-order valence-corrected chi connectivity index (χ3v) is 4.88. The van der Waals surface area contributed by atoms with Crippen molar-refractivity contribution in [1.82, 2.24) is 25.3 Å². The summed E-state index contributed by atoms with van der Waals surface area (Å²) in [6.45, 7) is 5.74. The minimum absolute atomic E-state index is 0.200. The molecule has 0 aliphatic heterocycles. The van der Waals surface area contributed by atoms with E-state index in [1.165, 1.54) is 10.4 Å². The number of hydrogen-bond acceptors (Lipinski definition) is 4. The van der Waals surface area contributed by atoms with Gasteiger partial charge in [0.25, 0.3) is 0 Å². The normalized spacial score (nSPS) is 14.7. The molecule has 0 saturated carbocycles. The summed E-state index contributed by atoms with van der Waals surface area (Å²) in [5, 5.41) is 13.2. The topological polar surface area (TPSA) is 57.5 Å². The first-order valence-corrected chi connectivity index (χ1v) is 9.12. The summed E-state index contributed by atoms with van der Waals surface area (Å²) in [4.78, 5) is 8.27. The monoisotopic (exact) mass is 348 g/mol. The van der Waals surface area contributed by atoms with E-state index in [2.05, 4.69) is 72.3 Å². The molecular formula is C17H28N6S. The van der Waals surface area contributed by atoms with Gasteiger partial charge in [-0.2, -0.15) is 5.10 Å². The number of thiophene rings is 1. The van der Waals surface area contributed by atoms with E-state index in [4.69, 9.17) is 4.99 Å². The molecule has 7 heteroatoms. The van der Waals surface area contributed by atoms with Crippen LogP contribution in [0.3, 0.4) is 0 Å². The smallest absolute Gasteiger partial charge is 0.191 e. The van der Waals surface area contributed by atoms with Crippen molar-refractivity contribution >= 4 is 17.3 Å². The maximum absolute atomic E-state index is 4.79. The predicted molar refractivity (Wildman–Crippen MR) is 101 cm³/mol. The van der Waals surface area contributed by atoms with Crippen molar-refractivity contribution in [2.24, 2.45) is 12.0 Å². The van der Waals surface area contributed by atoms with Crippen molar-refractivity contribution < 1.29 is 0 Å². The molecular weight excluding hydrogens is 320 g/mol. The minimum atomic E-state index is 0.200. The molecule has 6 nitrogen and oxygen atoms in total. The lowest BCUT2D eigenvalue weighted by atomic mass is 10.1. The van der Waals surface area contributed by atoms with Gasteiger partial charge in [-0.15, -0.1) is 11.3 Å². The van der Waals surface area contributed by atoms with Gasteiger partial charge in [0.2, 0.25) is 0 Å². The fraction of sp³-hybridized carbons (Fsp3) is 0.529. The number of hydrogen-bond donors (Lipinski definition) is 2. The van der Waals surface area contributed by atoms with Gasteiger partial charge in [0.05, 0.1) is 24.8 Å². The maximum atomic E-state index is 4.79. The second-order valence-corrected chi connectivity index (χ2v) is 7.01. The Bertz CT molecular complexity index is 631. The molecule has 132 valence electrons. The first-order chi connectivity index (χ1) is 11.5. The number of aromatic nitrogens is 2. The number of likely N-dealkylation sites (N-methyl/N-ethyl adjacent to an activating group) is 1. The van der Waals surface area contributed by atoms with Crippen molar-refractivity contribution in [2.45, 2.75) is 25.9 Å². The lowest BCUT2D eigenvalue weighted by Gasteiger charge is -2.23. The molecule has 2 N–H and O–H groups in total. The number of nitrogens with zero attached hydrogens (tertiary/aromatic N) is 4. The van der Waals surface area contributed by atoms with E-state index < -0.39 is 0 Å². The third-order valence-electron chi connectivity index (χ3n) is 3.82. The molecule has 0 amide bonds. The summed E-state index contributed by atoms with van der Waals surface area (Å²) in [5.41, 5.74) is 1.17. The molecule has 0 fully saturated rings. The number of guanidine groups is 1. The van der Waals surface area contributed by atoms with Crippen LogP contribution in [0, 0.1) is 0 Å². The van der Waals surface area contributed by atoms with Gasteiger partial charge in [0.15, 0.2) is 5.96 Å². The highest BCUT2D eigenvalue weighted by Gasteiger charge is 2.16. The Kier molecular flexibility index (Phi) is 6.81. The number of nitrogens with one attached hydrogen (secondary N) is 2. The second-order valence-electron chi connectivity index (χ2n) is 6.03.